The number of halogens is 2. The van der Waals surface area contributed by atoms with E-state index in [9.17, 15) is 0 Å². The first-order valence-electron chi connectivity index (χ1n) is 5.62. The van der Waals surface area contributed by atoms with E-state index in [4.69, 9.17) is 15.3 Å². The monoisotopic (exact) mass is 389 g/mol. The number of aliphatic hydroxyl groups excluding tert-OH is 1. The molecule has 0 aliphatic rings. The Hall–Kier alpha value is -0.340. The maximum Gasteiger partial charge on any atom is 0.243 e. The Balaban J connectivity index is 0. The van der Waals surface area contributed by atoms with Crippen molar-refractivity contribution in [1.29, 1.82) is 5.41 Å². The third kappa shape index (κ3) is 7.88. The van der Waals surface area contributed by atoms with Gasteiger partial charge < -0.3 is 33.8 Å². The zero-order chi connectivity index (χ0) is 11.8. The maximum absolute atomic E-state index is 8.76. The normalized spacial score (nSPS) is 9.22. The lowest BCUT2D eigenvalue weighted by Crippen LogP contribution is -3.00. The van der Waals surface area contributed by atoms with Crippen molar-refractivity contribution >= 4 is 18.3 Å². The van der Waals surface area contributed by atoms with E-state index in [0.29, 0.717) is 25.5 Å². The summed E-state index contributed by atoms with van der Waals surface area (Å²) in [6.07, 6.45) is 7.43. The van der Waals surface area contributed by atoms with Gasteiger partial charge in [-0.25, -0.2) is 9.13 Å². The fraction of sp³-hybridized carbons (Fsp3) is 0.636. The van der Waals surface area contributed by atoms with Gasteiger partial charge in [0.05, 0.1) is 19.8 Å². The topological polar surface area (TPSA) is 62.1 Å². The number of nitrogens with zero attached hydrogens (tertiary/aromatic N) is 2. The molecule has 18 heavy (non-hydrogen) atoms. The number of hydrogen-bond acceptors (Lipinski definition) is 3. The first-order valence-corrected chi connectivity index (χ1v) is 5.62. The number of aliphatic hydroxyl groups is 1. The fourth-order valence-corrected chi connectivity index (χ4v) is 1.49. The Morgan fingerprint density at radius 1 is 1.50 bits per heavy atom. The van der Waals surface area contributed by atoms with Crippen molar-refractivity contribution in [3.63, 3.8) is 0 Å². The molecule has 0 unspecified atom stereocenters. The summed E-state index contributed by atoms with van der Waals surface area (Å²) >= 11 is 0. The molecule has 0 aliphatic carbocycles. The summed E-state index contributed by atoms with van der Waals surface area (Å²) in [5.41, 5.74) is 0. The van der Waals surface area contributed by atoms with Crippen molar-refractivity contribution in [2.24, 2.45) is 0 Å². The van der Waals surface area contributed by atoms with E-state index < -0.39 is 0 Å². The van der Waals surface area contributed by atoms with Gasteiger partial charge in [0, 0.05) is 6.42 Å². The van der Waals surface area contributed by atoms with Crippen LogP contribution in [0.3, 0.4) is 0 Å². The van der Waals surface area contributed by atoms with Gasteiger partial charge >= 0.3 is 0 Å². The molecule has 1 rings (SSSR count). The molecule has 1 heterocycles. The molecule has 1 aromatic heterocycles. The van der Waals surface area contributed by atoms with Crippen molar-refractivity contribution in [2.75, 3.05) is 13.2 Å². The zero-order valence-corrected chi connectivity index (χ0v) is 13.5. The summed E-state index contributed by atoms with van der Waals surface area (Å²) in [6.45, 7) is 4.11. The third-order valence-corrected chi connectivity index (χ3v) is 2.24. The van der Waals surface area contributed by atoms with Gasteiger partial charge in [0.25, 0.3) is 0 Å². The lowest BCUT2D eigenvalue weighted by molar-refractivity contribution is -0.696. The van der Waals surface area contributed by atoms with Crippen molar-refractivity contribution in [3.05, 3.63) is 18.7 Å². The molecule has 0 saturated carbocycles. The Labute approximate surface area is 131 Å². The number of ether oxygens (including phenoxy) is 1. The predicted molar refractivity (Wildman–Crippen MR) is 67.5 cm³/mol. The van der Waals surface area contributed by atoms with Gasteiger partial charge in [-0.15, -0.1) is 12.4 Å². The van der Waals surface area contributed by atoms with Gasteiger partial charge in [-0.05, 0) is 13.3 Å². The van der Waals surface area contributed by atoms with E-state index in [1.165, 1.54) is 0 Å². The summed E-state index contributed by atoms with van der Waals surface area (Å²) in [5, 5.41) is 16.2. The van der Waals surface area contributed by atoms with Gasteiger partial charge in [-0.1, -0.05) is 0 Å². The van der Waals surface area contributed by atoms with Crippen molar-refractivity contribution in [3.8, 4) is 0 Å². The van der Waals surface area contributed by atoms with Crippen LogP contribution in [0, 0.1) is 5.41 Å². The minimum absolute atomic E-state index is 0. The van der Waals surface area contributed by atoms with Crippen molar-refractivity contribution in [1.82, 2.24) is 4.57 Å². The first-order chi connectivity index (χ1) is 7.76. The van der Waals surface area contributed by atoms with Crippen LogP contribution in [0.1, 0.15) is 19.8 Å². The second-order valence-corrected chi connectivity index (χ2v) is 3.57. The second-order valence-electron chi connectivity index (χ2n) is 3.57. The lowest BCUT2D eigenvalue weighted by atomic mass is 10.3. The molecule has 0 saturated heterocycles. The summed E-state index contributed by atoms with van der Waals surface area (Å²) < 4.78 is 9.05. The molecule has 0 atom stereocenters. The van der Waals surface area contributed by atoms with Crippen LogP contribution in [0.25, 0.3) is 0 Å². The van der Waals surface area contributed by atoms with Gasteiger partial charge in [0.1, 0.15) is 18.9 Å². The van der Waals surface area contributed by atoms with Crippen LogP contribution in [0.15, 0.2) is 18.7 Å². The molecular formula is C11H21ClIN3O2. The zero-order valence-electron chi connectivity index (χ0n) is 10.5. The number of nitrogens with one attached hydrogen (secondary N) is 1. The second kappa shape index (κ2) is 11.7. The van der Waals surface area contributed by atoms with E-state index in [0.717, 1.165) is 13.0 Å². The molecule has 0 aliphatic heterocycles. The highest BCUT2D eigenvalue weighted by Crippen LogP contribution is 1.94. The highest BCUT2D eigenvalue weighted by molar-refractivity contribution is 5.85. The average Bonchev–Trinajstić information content (AvgIpc) is 2.67. The molecule has 0 amide bonds. The fourth-order valence-electron chi connectivity index (χ4n) is 1.49. The molecule has 0 fully saturated rings. The van der Waals surface area contributed by atoms with Crippen LogP contribution in [0.2, 0.25) is 0 Å². The number of aryl methyl sites for hydroxylation is 1. The molecular weight excluding hydrogens is 368 g/mol. The smallest absolute Gasteiger partial charge is 0.243 e. The largest absolute Gasteiger partial charge is 1.00 e. The van der Waals surface area contributed by atoms with E-state index in [1.54, 1.807) is 0 Å². The molecule has 1 aromatic rings. The van der Waals surface area contributed by atoms with Gasteiger partial charge in [-0.3, -0.25) is 5.41 Å². The Bertz CT molecular complexity index is 334. The Morgan fingerprint density at radius 3 is 2.83 bits per heavy atom. The van der Waals surface area contributed by atoms with Gasteiger partial charge in [0.2, 0.25) is 6.33 Å². The van der Waals surface area contributed by atoms with Gasteiger partial charge in [-0.2, -0.15) is 0 Å². The standard InChI is InChI=1S/C11H20N3O2.ClH.HI/c1-2-16-11(12)4-3-5-13-6-7-14(10-13)8-9-15;;/h6-7,10,12,15H,2-5,8-9H2,1H3;2*1H/q+1;;/p-1. The van der Waals surface area contributed by atoms with E-state index >= 15 is 0 Å². The molecule has 2 N–H and O–H groups in total. The van der Waals surface area contributed by atoms with Crippen LogP contribution >= 0.6 is 12.4 Å². The van der Waals surface area contributed by atoms with Crippen LogP contribution < -0.4 is 28.5 Å². The lowest BCUT2D eigenvalue weighted by Gasteiger charge is -2.02. The van der Waals surface area contributed by atoms with Crippen molar-refractivity contribution in [2.45, 2.75) is 32.9 Å². The molecule has 0 aromatic carbocycles. The Morgan fingerprint density at radius 2 is 2.22 bits per heavy atom. The average molecular weight is 390 g/mol. The quantitative estimate of drug-likeness (QED) is 0.245. The number of aromatic nitrogens is 2. The predicted octanol–water partition coefficient (Wildman–Crippen LogP) is -2.01. The molecule has 106 valence electrons. The van der Waals surface area contributed by atoms with E-state index in [1.807, 2.05) is 30.2 Å². The highest BCUT2D eigenvalue weighted by Gasteiger charge is 2.03. The molecule has 0 radical (unpaired) electrons. The van der Waals surface area contributed by atoms with Crippen LogP contribution in [0.5, 0.6) is 0 Å². The third-order valence-electron chi connectivity index (χ3n) is 2.24. The number of hydrogen-bond donors (Lipinski definition) is 2. The molecule has 5 nitrogen and oxygen atoms in total. The maximum atomic E-state index is 8.76. The molecule has 0 bridgehead atoms. The van der Waals surface area contributed by atoms with Crippen LogP contribution in [0.4, 0.5) is 0 Å². The summed E-state index contributed by atoms with van der Waals surface area (Å²) in [4.78, 5) is 0. The minimum Gasteiger partial charge on any atom is -1.00 e. The molecule has 0 spiro atoms. The van der Waals surface area contributed by atoms with E-state index in [2.05, 4.69) is 4.57 Å². The minimum atomic E-state index is 0. The van der Waals surface area contributed by atoms with E-state index in [-0.39, 0.29) is 43.0 Å². The van der Waals surface area contributed by atoms with Gasteiger partial charge in [0.15, 0.2) is 5.90 Å². The summed E-state index contributed by atoms with van der Waals surface area (Å²) in [6, 6.07) is 0. The number of rotatable bonds is 7. The SMILES string of the molecule is CCOC(=N)CCC[n+]1ccn(CCO)c1.Cl.[I-]. The highest BCUT2D eigenvalue weighted by atomic mass is 127. The van der Waals surface area contributed by atoms with Crippen molar-refractivity contribution < 1.29 is 38.4 Å². The summed E-state index contributed by atoms with van der Waals surface area (Å²) in [7, 11) is 0. The number of imidazole rings is 1. The Kier molecular flexibility index (Phi) is 13.0. The first kappa shape index (κ1) is 20.0. The summed E-state index contributed by atoms with van der Waals surface area (Å²) in [5.74, 6) is 0.359. The molecule has 7 heteroatoms. The van der Waals surface area contributed by atoms with Crippen LogP contribution in [-0.2, 0) is 17.8 Å². The van der Waals surface area contributed by atoms with Crippen LogP contribution in [-0.4, -0.2) is 28.8 Å².